The Labute approximate surface area is 201 Å². The van der Waals surface area contributed by atoms with E-state index in [0.29, 0.717) is 55.7 Å². The van der Waals surface area contributed by atoms with Crippen LogP contribution in [0.1, 0.15) is 37.8 Å². The number of carbonyl (C=O) groups excluding carboxylic acids is 2. The van der Waals surface area contributed by atoms with Crippen molar-refractivity contribution in [3.63, 3.8) is 0 Å². The molecule has 0 aliphatic carbocycles. The molecule has 0 spiro atoms. The first-order valence-electron chi connectivity index (χ1n) is 12.0. The maximum atomic E-state index is 13.5. The molecule has 0 saturated carbocycles. The lowest BCUT2D eigenvalue weighted by Gasteiger charge is -2.28. The predicted octanol–water partition coefficient (Wildman–Crippen LogP) is 3.73. The van der Waals surface area contributed by atoms with Gasteiger partial charge in [-0.25, -0.2) is 0 Å². The molecule has 2 aromatic carbocycles. The number of morpholine rings is 1. The maximum absolute atomic E-state index is 13.5. The van der Waals surface area contributed by atoms with Crippen LogP contribution in [-0.2, 0) is 14.3 Å². The molecule has 2 aliphatic rings. The topological polar surface area (TPSA) is 71.1 Å². The quantitative estimate of drug-likeness (QED) is 0.572. The van der Waals surface area contributed by atoms with Crippen molar-refractivity contribution in [3.8, 4) is 5.75 Å². The number of amides is 2. The first-order valence-corrected chi connectivity index (χ1v) is 12.0. The third kappa shape index (κ3) is 5.32. The minimum absolute atomic E-state index is 0.274. The van der Waals surface area contributed by atoms with E-state index in [9.17, 15) is 9.59 Å². The molecule has 1 saturated heterocycles. The molecule has 2 aromatic rings. The van der Waals surface area contributed by atoms with Crippen LogP contribution in [0, 0.1) is 0 Å². The highest BCUT2D eigenvalue weighted by molar-refractivity contribution is 6.36. The van der Waals surface area contributed by atoms with Gasteiger partial charge < -0.3 is 14.8 Å². The van der Waals surface area contributed by atoms with E-state index < -0.39 is 0 Å². The van der Waals surface area contributed by atoms with Gasteiger partial charge in [0, 0.05) is 31.9 Å². The van der Waals surface area contributed by atoms with E-state index in [-0.39, 0.29) is 11.8 Å². The highest BCUT2D eigenvalue weighted by Gasteiger charge is 2.39. The summed E-state index contributed by atoms with van der Waals surface area (Å²) in [5, 5.41) is 3.25. The minimum Gasteiger partial charge on any atom is -0.494 e. The minimum atomic E-state index is -0.296. The number of carbonyl (C=O) groups is 2. The molecular weight excluding hydrogens is 430 g/mol. The van der Waals surface area contributed by atoms with Gasteiger partial charge in [-0.05, 0) is 48.2 Å². The molecular formula is C27H33N3O4. The molecule has 0 radical (unpaired) electrons. The van der Waals surface area contributed by atoms with Crippen LogP contribution in [0.3, 0.4) is 0 Å². The summed E-state index contributed by atoms with van der Waals surface area (Å²) in [5.74, 6) is 0.573. The Morgan fingerprint density at radius 3 is 2.24 bits per heavy atom. The zero-order chi connectivity index (χ0) is 24.1. The standard InChI is InChI=1S/C27H33N3O4/c1-4-34-23-11-7-21(8-12-23)24-25(28-22-9-5-20(6-10-22)19(2)3)27(32)30(26(24)31)14-13-29-15-17-33-18-16-29/h5-12,19,28H,4,13-18H2,1-3H3. The van der Waals surface area contributed by atoms with E-state index in [2.05, 4.69) is 24.1 Å². The zero-order valence-corrected chi connectivity index (χ0v) is 20.2. The smallest absolute Gasteiger partial charge is 0.278 e. The van der Waals surface area contributed by atoms with E-state index in [0.717, 1.165) is 24.5 Å². The Kier molecular flexibility index (Phi) is 7.65. The molecule has 1 N–H and O–H groups in total. The third-order valence-corrected chi connectivity index (χ3v) is 6.21. The molecule has 4 rings (SSSR count). The summed E-state index contributed by atoms with van der Waals surface area (Å²) >= 11 is 0. The van der Waals surface area contributed by atoms with Crippen molar-refractivity contribution in [2.45, 2.75) is 26.7 Å². The van der Waals surface area contributed by atoms with Crippen LogP contribution in [0.25, 0.3) is 5.57 Å². The fourth-order valence-electron chi connectivity index (χ4n) is 4.21. The maximum Gasteiger partial charge on any atom is 0.278 e. The van der Waals surface area contributed by atoms with Crippen molar-refractivity contribution in [1.82, 2.24) is 9.80 Å². The lowest BCUT2D eigenvalue weighted by Crippen LogP contribution is -2.43. The summed E-state index contributed by atoms with van der Waals surface area (Å²) in [4.78, 5) is 30.5. The highest BCUT2D eigenvalue weighted by atomic mass is 16.5. The van der Waals surface area contributed by atoms with E-state index in [1.807, 2.05) is 55.5 Å². The van der Waals surface area contributed by atoms with E-state index in [1.54, 1.807) is 0 Å². The third-order valence-electron chi connectivity index (χ3n) is 6.21. The Hall–Kier alpha value is -3.16. The number of hydrogen-bond donors (Lipinski definition) is 1. The van der Waals surface area contributed by atoms with Crippen molar-refractivity contribution in [1.29, 1.82) is 0 Å². The number of rotatable bonds is 9. The van der Waals surface area contributed by atoms with Gasteiger partial charge in [-0.2, -0.15) is 0 Å². The number of imide groups is 1. The van der Waals surface area contributed by atoms with Crippen LogP contribution < -0.4 is 10.1 Å². The lowest BCUT2D eigenvalue weighted by molar-refractivity contribution is -0.137. The molecule has 34 heavy (non-hydrogen) atoms. The molecule has 7 nitrogen and oxygen atoms in total. The van der Waals surface area contributed by atoms with Crippen molar-refractivity contribution in [2.24, 2.45) is 0 Å². The Morgan fingerprint density at radius 2 is 1.62 bits per heavy atom. The number of benzene rings is 2. The average molecular weight is 464 g/mol. The van der Waals surface area contributed by atoms with Crippen molar-refractivity contribution < 1.29 is 19.1 Å². The van der Waals surface area contributed by atoms with Gasteiger partial charge in [-0.3, -0.25) is 19.4 Å². The Balaban J connectivity index is 1.61. The lowest BCUT2D eigenvalue weighted by atomic mass is 10.0. The summed E-state index contributed by atoms with van der Waals surface area (Å²) < 4.78 is 10.9. The van der Waals surface area contributed by atoms with E-state index in [4.69, 9.17) is 9.47 Å². The average Bonchev–Trinajstić information content (AvgIpc) is 3.08. The second-order valence-corrected chi connectivity index (χ2v) is 8.83. The molecule has 1 fully saturated rings. The molecule has 2 amide bonds. The molecule has 2 heterocycles. The molecule has 7 heteroatoms. The molecule has 180 valence electrons. The number of anilines is 1. The van der Waals surface area contributed by atoms with E-state index in [1.165, 1.54) is 10.5 Å². The highest BCUT2D eigenvalue weighted by Crippen LogP contribution is 2.31. The molecule has 0 aromatic heterocycles. The van der Waals surface area contributed by atoms with Gasteiger partial charge in [0.05, 0.1) is 25.4 Å². The van der Waals surface area contributed by atoms with Crippen LogP contribution in [-0.4, -0.2) is 67.6 Å². The van der Waals surface area contributed by atoms with Crippen molar-refractivity contribution in [3.05, 3.63) is 65.4 Å². The largest absolute Gasteiger partial charge is 0.494 e. The van der Waals surface area contributed by atoms with Crippen LogP contribution in [0.4, 0.5) is 5.69 Å². The van der Waals surface area contributed by atoms with Gasteiger partial charge in [0.25, 0.3) is 11.8 Å². The Morgan fingerprint density at radius 1 is 0.941 bits per heavy atom. The predicted molar refractivity (Wildman–Crippen MR) is 133 cm³/mol. The second-order valence-electron chi connectivity index (χ2n) is 8.83. The van der Waals surface area contributed by atoms with Gasteiger partial charge >= 0.3 is 0 Å². The first kappa shape index (κ1) is 24.0. The molecule has 0 bridgehead atoms. The normalized spacial score (nSPS) is 17.1. The summed E-state index contributed by atoms with van der Waals surface area (Å²) in [5.41, 5.74) is 3.39. The number of nitrogens with zero attached hydrogens (tertiary/aromatic N) is 2. The fraction of sp³-hybridized carbons (Fsp3) is 0.407. The van der Waals surface area contributed by atoms with Crippen LogP contribution in [0.5, 0.6) is 5.75 Å². The number of ether oxygens (including phenoxy) is 2. The van der Waals surface area contributed by atoms with Crippen molar-refractivity contribution >= 4 is 23.1 Å². The van der Waals surface area contributed by atoms with Crippen LogP contribution in [0.2, 0.25) is 0 Å². The van der Waals surface area contributed by atoms with Gasteiger partial charge in [-0.1, -0.05) is 38.1 Å². The summed E-state index contributed by atoms with van der Waals surface area (Å²) in [7, 11) is 0. The van der Waals surface area contributed by atoms with Crippen LogP contribution in [0.15, 0.2) is 54.2 Å². The van der Waals surface area contributed by atoms with Crippen LogP contribution >= 0.6 is 0 Å². The number of hydrogen-bond acceptors (Lipinski definition) is 6. The zero-order valence-electron chi connectivity index (χ0n) is 20.2. The fourth-order valence-corrected chi connectivity index (χ4v) is 4.21. The van der Waals surface area contributed by atoms with Gasteiger partial charge in [-0.15, -0.1) is 0 Å². The molecule has 2 aliphatic heterocycles. The van der Waals surface area contributed by atoms with Crippen molar-refractivity contribution in [2.75, 3.05) is 51.3 Å². The SMILES string of the molecule is CCOc1ccc(C2=C(Nc3ccc(C(C)C)cc3)C(=O)N(CCN3CCOCC3)C2=O)cc1. The first-order chi connectivity index (χ1) is 16.5. The van der Waals surface area contributed by atoms with E-state index >= 15 is 0 Å². The summed E-state index contributed by atoms with van der Waals surface area (Å²) in [6.45, 7) is 10.7. The second kappa shape index (κ2) is 10.8. The van der Waals surface area contributed by atoms with Gasteiger partial charge in [0.2, 0.25) is 0 Å². The molecule has 0 atom stereocenters. The molecule has 0 unspecified atom stereocenters. The Bertz CT molecular complexity index is 1040. The summed E-state index contributed by atoms with van der Waals surface area (Å²) in [6, 6.07) is 15.3. The summed E-state index contributed by atoms with van der Waals surface area (Å²) in [6.07, 6.45) is 0. The number of nitrogens with one attached hydrogen (secondary N) is 1. The monoisotopic (exact) mass is 463 g/mol. The van der Waals surface area contributed by atoms with Gasteiger partial charge in [0.1, 0.15) is 11.4 Å². The van der Waals surface area contributed by atoms with Gasteiger partial charge in [0.15, 0.2) is 0 Å².